The van der Waals surface area contributed by atoms with Crippen LogP contribution < -0.4 is 10.6 Å². The van der Waals surface area contributed by atoms with Crippen molar-refractivity contribution < 1.29 is 4.79 Å². The van der Waals surface area contributed by atoms with Gasteiger partial charge in [-0.1, -0.05) is 6.92 Å². The van der Waals surface area contributed by atoms with Crippen LogP contribution in [-0.2, 0) is 0 Å². The number of nitrogens with zero attached hydrogens (tertiary/aromatic N) is 3. The van der Waals surface area contributed by atoms with E-state index in [0.29, 0.717) is 17.8 Å². The molecule has 158 valence electrons. The average molecular weight is 410 g/mol. The summed E-state index contributed by atoms with van der Waals surface area (Å²) in [5, 5.41) is 11.2. The molecule has 0 radical (unpaired) electrons. The van der Waals surface area contributed by atoms with E-state index in [-0.39, 0.29) is 18.3 Å². The van der Waals surface area contributed by atoms with Crippen molar-refractivity contribution >= 4 is 18.3 Å². The minimum atomic E-state index is -0.00670. The van der Waals surface area contributed by atoms with Crippen molar-refractivity contribution in [2.45, 2.75) is 76.4 Å². The average Bonchev–Trinajstić information content (AvgIpc) is 3.20. The number of hydrogen-bond donors (Lipinski definition) is 2. The molecule has 1 amide bonds. The van der Waals surface area contributed by atoms with Gasteiger partial charge in [0.1, 0.15) is 5.69 Å². The zero-order valence-electron chi connectivity index (χ0n) is 17.1. The maximum absolute atomic E-state index is 12.6. The molecule has 0 bridgehead atoms. The molecular weight excluding hydrogens is 374 g/mol. The van der Waals surface area contributed by atoms with Crippen molar-refractivity contribution in [2.75, 3.05) is 26.2 Å². The number of amides is 1. The number of likely N-dealkylation sites (tertiary alicyclic amines) is 1. The van der Waals surface area contributed by atoms with Gasteiger partial charge >= 0.3 is 0 Å². The second-order valence-electron chi connectivity index (χ2n) is 8.88. The summed E-state index contributed by atoms with van der Waals surface area (Å²) in [5.74, 6) is 0.883. The van der Waals surface area contributed by atoms with Crippen LogP contribution in [0.25, 0.3) is 0 Å². The van der Waals surface area contributed by atoms with Gasteiger partial charge in [0.15, 0.2) is 0 Å². The summed E-state index contributed by atoms with van der Waals surface area (Å²) in [7, 11) is 0. The fraction of sp³-hybridized carbons (Fsp3) is 0.810. The first-order chi connectivity index (χ1) is 13.2. The Balaban J connectivity index is 0.00000225. The standard InChI is InChI=1S/C21H35N5O.ClH/c1-16-8-12-25(13-9-16)18-6-4-17(5-7-18)23-21(27)20-10-14-26(24-20)19-3-2-11-22-15-19;/h10,14,16-19,22H,2-9,11-13,15H2,1H3,(H,23,27);1H. The summed E-state index contributed by atoms with van der Waals surface area (Å²) >= 11 is 0. The van der Waals surface area contributed by atoms with Gasteiger partial charge in [0.2, 0.25) is 0 Å². The summed E-state index contributed by atoms with van der Waals surface area (Å²) < 4.78 is 1.97. The molecule has 1 aromatic heterocycles. The van der Waals surface area contributed by atoms with E-state index in [4.69, 9.17) is 0 Å². The molecule has 2 saturated heterocycles. The molecule has 1 saturated carbocycles. The van der Waals surface area contributed by atoms with E-state index in [0.717, 1.165) is 44.3 Å². The van der Waals surface area contributed by atoms with E-state index in [9.17, 15) is 4.79 Å². The lowest BCUT2D eigenvalue weighted by atomic mass is 9.88. The molecule has 4 rings (SSSR count). The number of hydrogen-bond acceptors (Lipinski definition) is 4. The Bertz CT molecular complexity index is 614. The third-order valence-corrected chi connectivity index (χ3v) is 6.85. The summed E-state index contributed by atoms with van der Waals surface area (Å²) in [6.07, 6.45) is 11.6. The first kappa shape index (κ1) is 21.6. The third-order valence-electron chi connectivity index (χ3n) is 6.85. The van der Waals surface area contributed by atoms with Crippen molar-refractivity contribution in [3.63, 3.8) is 0 Å². The predicted octanol–water partition coefficient (Wildman–Crippen LogP) is 3.00. The van der Waals surface area contributed by atoms with Gasteiger partial charge in [0.25, 0.3) is 5.91 Å². The van der Waals surface area contributed by atoms with E-state index >= 15 is 0 Å². The van der Waals surface area contributed by atoms with Gasteiger partial charge in [0, 0.05) is 24.8 Å². The highest BCUT2D eigenvalue weighted by atomic mass is 35.5. The topological polar surface area (TPSA) is 62.2 Å². The van der Waals surface area contributed by atoms with Crippen LogP contribution in [0.2, 0.25) is 0 Å². The molecule has 2 aliphatic heterocycles. The third kappa shape index (κ3) is 5.28. The van der Waals surface area contributed by atoms with Crippen LogP contribution in [0.15, 0.2) is 12.3 Å². The maximum atomic E-state index is 12.6. The molecule has 7 heteroatoms. The Labute approximate surface area is 175 Å². The van der Waals surface area contributed by atoms with E-state index < -0.39 is 0 Å². The number of aromatic nitrogens is 2. The summed E-state index contributed by atoms with van der Waals surface area (Å²) in [5.41, 5.74) is 0.563. The van der Waals surface area contributed by atoms with Crippen LogP contribution in [0.5, 0.6) is 0 Å². The minimum Gasteiger partial charge on any atom is -0.348 e. The quantitative estimate of drug-likeness (QED) is 0.802. The molecule has 1 aliphatic carbocycles. The fourth-order valence-electron chi connectivity index (χ4n) is 4.96. The summed E-state index contributed by atoms with van der Waals surface area (Å²) in [4.78, 5) is 15.3. The second-order valence-corrected chi connectivity index (χ2v) is 8.88. The lowest BCUT2D eigenvalue weighted by molar-refractivity contribution is 0.0855. The van der Waals surface area contributed by atoms with Crippen LogP contribution in [0.3, 0.4) is 0 Å². The Morgan fingerprint density at radius 3 is 2.54 bits per heavy atom. The second kappa shape index (κ2) is 10.1. The normalized spacial score (nSPS) is 29.8. The van der Waals surface area contributed by atoms with Gasteiger partial charge in [-0.3, -0.25) is 9.48 Å². The highest BCUT2D eigenvalue weighted by Crippen LogP contribution is 2.27. The van der Waals surface area contributed by atoms with Crippen molar-refractivity contribution in [2.24, 2.45) is 5.92 Å². The number of piperidine rings is 2. The van der Waals surface area contributed by atoms with E-state index in [1.54, 1.807) is 0 Å². The summed E-state index contributed by atoms with van der Waals surface area (Å²) in [6, 6.07) is 3.27. The van der Waals surface area contributed by atoms with Crippen LogP contribution >= 0.6 is 12.4 Å². The molecule has 2 N–H and O–H groups in total. The van der Waals surface area contributed by atoms with Gasteiger partial charge in [-0.15, -0.1) is 12.4 Å². The number of rotatable bonds is 4. The zero-order chi connectivity index (χ0) is 18.6. The Kier molecular flexibility index (Phi) is 7.77. The van der Waals surface area contributed by atoms with Crippen molar-refractivity contribution in [3.8, 4) is 0 Å². The fourth-order valence-corrected chi connectivity index (χ4v) is 4.96. The van der Waals surface area contributed by atoms with Gasteiger partial charge in [-0.25, -0.2) is 0 Å². The Hall–Kier alpha value is -1.11. The zero-order valence-corrected chi connectivity index (χ0v) is 17.9. The van der Waals surface area contributed by atoms with Crippen molar-refractivity contribution in [3.05, 3.63) is 18.0 Å². The van der Waals surface area contributed by atoms with Gasteiger partial charge in [0.05, 0.1) is 6.04 Å². The SMILES string of the molecule is CC1CCN(C2CCC(NC(=O)c3ccn(C4CCCNC4)n3)CC2)CC1.Cl. The molecule has 28 heavy (non-hydrogen) atoms. The molecule has 3 aliphatic rings. The summed E-state index contributed by atoms with van der Waals surface area (Å²) in [6.45, 7) is 6.93. The highest BCUT2D eigenvalue weighted by Gasteiger charge is 2.29. The van der Waals surface area contributed by atoms with Crippen LogP contribution in [0.4, 0.5) is 0 Å². The molecular formula is C21H36ClN5O. The number of halogens is 1. The predicted molar refractivity (Wildman–Crippen MR) is 114 cm³/mol. The molecule has 6 nitrogen and oxygen atoms in total. The van der Waals surface area contributed by atoms with Gasteiger partial charge in [-0.05, 0) is 83.0 Å². The van der Waals surface area contributed by atoms with Gasteiger partial charge in [-0.2, -0.15) is 5.10 Å². The molecule has 1 atom stereocenters. The van der Waals surface area contributed by atoms with Gasteiger partial charge < -0.3 is 15.5 Å². The first-order valence-corrected chi connectivity index (χ1v) is 11.0. The van der Waals surface area contributed by atoms with Crippen LogP contribution in [-0.4, -0.2) is 58.9 Å². The monoisotopic (exact) mass is 409 g/mol. The largest absolute Gasteiger partial charge is 0.348 e. The lowest BCUT2D eigenvalue weighted by Gasteiger charge is -2.40. The van der Waals surface area contributed by atoms with E-state index in [1.807, 2.05) is 16.9 Å². The molecule has 1 aromatic rings. The Morgan fingerprint density at radius 1 is 1.11 bits per heavy atom. The van der Waals surface area contributed by atoms with E-state index in [1.165, 1.54) is 45.2 Å². The number of nitrogens with one attached hydrogen (secondary N) is 2. The van der Waals surface area contributed by atoms with Crippen LogP contribution in [0, 0.1) is 5.92 Å². The van der Waals surface area contributed by atoms with Crippen molar-refractivity contribution in [1.82, 2.24) is 25.3 Å². The molecule has 0 spiro atoms. The highest BCUT2D eigenvalue weighted by molar-refractivity contribution is 5.92. The molecule has 1 unspecified atom stereocenters. The minimum absolute atomic E-state index is 0. The lowest BCUT2D eigenvalue weighted by Crippen LogP contribution is -2.46. The van der Waals surface area contributed by atoms with Crippen molar-refractivity contribution in [1.29, 1.82) is 0 Å². The molecule has 3 heterocycles. The number of carbonyl (C=O) groups is 1. The smallest absolute Gasteiger partial charge is 0.271 e. The Morgan fingerprint density at radius 2 is 1.86 bits per heavy atom. The van der Waals surface area contributed by atoms with Crippen LogP contribution in [0.1, 0.15) is 74.8 Å². The number of carbonyl (C=O) groups excluding carboxylic acids is 1. The first-order valence-electron chi connectivity index (χ1n) is 11.0. The molecule has 0 aromatic carbocycles. The van der Waals surface area contributed by atoms with E-state index in [2.05, 4.69) is 27.6 Å². The maximum Gasteiger partial charge on any atom is 0.271 e. The molecule has 3 fully saturated rings.